The number of hydrogen-bond acceptors (Lipinski definition) is 4. The van der Waals surface area contributed by atoms with Crippen LogP contribution >= 0.6 is 0 Å². The first-order chi connectivity index (χ1) is 12.6. The van der Waals surface area contributed by atoms with Crippen LogP contribution in [-0.4, -0.2) is 18.5 Å². The Balaban J connectivity index is 3.04. The summed E-state index contributed by atoms with van der Waals surface area (Å²) in [5.41, 5.74) is -3.25. The lowest BCUT2D eigenvalue weighted by molar-refractivity contribution is -0.168. The van der Waals surface area contributed by atoms with Gasteiger partial charge in [-0.1, -0.05) is 39.7 Å². The highest BCUT2D eigenvalue weighted by Gasteiger charge is 2.47. The summed E-state index contributed by atoms with van der Waals surface area (Å²) in [6, 6.07) is 2.38. The average molecular weight is 392 g/mol. The quantitative estimate of drug-likeness (QED) is 0.188. The molecular formula is C19H24F4O4. The molecule has 0 aromatic heterocycles. The summed E-state index contributed by atoms with van der Waals surface area (Å²) in [5.74, 6) is -4.53. The molecule has 0 unspecified atom stereocenters. The minimum Gasteiger partial charge on any atom is -0.465 e. The maximum atomic E-state index is 14.1. The summed E-state index contributed by atoms with van der Waals surface area (Å²) in [6.07, 6.45) is -2.52. The lowest BCUT2D eigenvalue weighted by Crippen LogP contribution is -2.42. The van der Waals surface area contributed by atoms with E-state index >= 15 is 0 Å². The van der Waals surface area contributed by atoms with Crippen molar-refractivity contribution in [2.45, 2.75) is 59.1 Å². The molecule has 0 aliphatic carbocycles. The van der Waals surface area contributed by atoms with Gasteiger partial charge in [-0.25, -0.2) is 4.39 Å². The van der Waals surface area contributed by atoms with E-state index in [4.69, 9.17) is 9.47 Å². The highest BCUT2D eigenvalue weighted by molar-refractivity contribution is 6.00. The van der Waals surface area contributed by atoms with Gasteiger partial charge in [-0.2, -0.15) is 13.2 Å². The summed E-state index contributed by atoms with van der Waals surface area (Å²) in [6.45, 7) is 5.21. The molecular weight excluding hydrogens is 368 g/mol. The van der Waals surface area contributed by atoms with Gasteiger partial charge in [0.15, 0.2) is 17.0 Å². The molecule has 0 saturated carbocycles. The predicted octanol–water partition coefficient (Wildman–Crippen LogP) is 5.29. The van der Waals surface area contributed by atoms with E-state index in [1.54, 1.807) is 13.8 Å². The highest BCUT2D eigenvalue weighted by Crippen LogP contribution is 2.36. The number of carbonyl (C=O) groups excluding carboxylic acids is 2. The number of benzene rings is 1. The van der Waals surface area contributed by atoms with Crippen molar-refractivity contribution in [2.75, 3.05) is 6.61 Å². The van der Waals surface area contributed by atoms with E-state index in [1.165, 1.54) is 0 Å². The van der Waals surface area contributed by atoms with Crippen molar-refractivity contribution in [3.63, 3.8) is 0 Å². The Hall–Kier alpha value is -2.12. The van der Waals surface area contributed by atoms with Crippen molar-refractivity contribution in [3.05, 3.63) is 29.6 Å². The summed E-state index contributed by atoms with van der Waals surface area (Å²) in [5, 5.41) is 0. The zero-order chi connectivity index (χ0) is 20.7. The third-order valence-electron chi connectivity index (χ3n) is 4.44. The Labute approximate surface area is 155 Å². The largest absolute Gasteiger partial charge is 0.465 e. The second-order valence-electron chi connectivity index (χ2n) is 6.14. The number of carbonyl (C=O) groups is 2. The van der Waals surface area contributed by atoms with Gasteiger partial charge in [0, 0.05) is 0 Å². The van der Waals surface area contributed by atoms with Crippen LogP contribution in [0.3, 0.4) is 0 Å². The zero-order valence-electron chi connectivity index (χ0n) is 15.6. The summed E-state index contributed by atoms with van der Waals surface area (Å²) < 4.78 is 62.5. The number of esters is 2. The first kappa shape index (κ1) is 22.9. The molecule has 0 spiro atoms. The monoisotopic (exact) mass is 392 g/mol. The van der Waals surface area contributed by atoms with E-state index in [0.717, 1.165) is 25.0 Å². The SMILES string of the molecule is CCCCCOC(=O)C(CC)(CC)C(=O)Oc1cccc(C(F)(F)F)c1F. The van der Waals surface area contributed by atoms with E-state index < -0.39 is 40.7 Å². The predicted molar refractivity (Wildman–Crippen MR) is 90.5 cm³/mol. The van der Waals surface area contributed by atoms with E-state index in [9.17, 15) is 27.2 Å². The molecule has 0 fully saturated rings. The second-order valence-corrected chi connectivity index (χ2v) is 6.14. The highest BCUT2D eigenvalue weighted by atomic mass is 19.4. The van der Waals surface area contributed by atoms with Gasteiger partial charge >= 0.3 is 18.1 Å². The first-order valence-corrected chi connectivity index (χ1v) is 8.89. The topological polar surface area (TPSA) is 52.6 Å². The molecule has 1 aromatic carbocycles. The zero-order valence-corrected chi connectivity index (χ0v) is 15.6. The van der Waals surface area contributed by atoms with E-state index in [0.29, 0.717) is 12.5 Å². The van der Waals surface area contributed by atoms with Gasteiger partial charge in [0.2, 0.25) is 0 Å². The maximum Gasteiger partial charge on any atom is 0.419 e. The van der Waals surface area contributed by atoms with Crippen LogP contribution < -0.4 is 4.74 Å². The molecule has 0 radical (unpaired) electrons. The van der Waals surface area contributed by atoms with E-state index in [2.05, 4.69) is 0 Å². The lowest BCUT2D eigenvalue weighted by atomic mass is 9.82. The fourth-order valence-corrected chi connectivity index (χ4v) is 2.57. The molecule has 0 aliphatic rings. The Morgan fingerprint density at radius 3 is 2.15 bits per heavy atom. The number of ether oxygens (including phenoxy) is 2. The Morgan fingerprint density at radius 2 is 1.63 bits per heavy atom. The molecule has 0 heterocycles. The van der Waals surface area contributed by atoms with Crippen LogP contribution in [0.1, 0.15) is 58.4 Å². The fraction of sp³-hybridized carbons (Fsp3) is 0.579. The van der Waals surface area contributed by atoms with Crippen LogP contribution in [0.25, 0.3) is 0 Å². The van der Waals surface area contributed by atoms with E-state index in [1.807, 2.05) is 6.92 Å². The number of rotatable bonds is 9. The summed E-state index contributed by atoms with van der Waals surface area (Å²) in [7, 11) is 0. The molecule has 0 aliphatic heterocycles. The van der Waals surface area contributed by atoms with Crippen LogP contribution in [0.15, 0.2) is 18.2 Å². The van der Waals surface area contributed by atoms with Crippen molar-refractivity contribution in [3.8, 4) is 5.75 Å². The Kier molecular flexibility index (Phi) is 8.24. The van der Waals surface area contributed by atoms with Gasteiger partial charge in [-0.15, -0.1) is 0 Å². The van der Waals surface area contributed by atoms with Crippen LogP contribution in [-0.2, 0) is 20.5 Å². The molecule has 0 saturated heterocycles. The molecule has 8 heteroatoms. The first-order valence-electron chi connectivity index (χ1n) is 8.89. The molecule has 4 nitrogen and oxygen atoms in total. The number of alkyl halides is 3. The Bertz CT molecular complexity index is 652. The van der Waals surface area contributed by atoms with Crippen LogP contribution in [0, 0.1) is 11.2 Å². The summed E-state index contributed by atoms with van der Waals surface area (Å²) >= 11 is 0. The molecule has 0 amide bonds. The van der Waals surface area contributed by atoms with E-state index in [-0.39, 0.29) is 19.4 Å². The van der Waals surface area contributed by atoms with Gasteiger partial charge in [0.25, 0.3) is 0 Å². The van der Waals surface area contributed by atoms with Crippen molar-refractivity contribution >= 4 is 11.9 Å². The smallest absolute Gasteiger partial charge is 0.419 e. The van der Waals surface area contributed by atoms with Crippen molar-refractivity contribution in [2.24, 2.45) is 5.41 Å². The molecule has 0 atom stereocenters. The van der Waals surface area contributed by atoms with Gasteiger partial charge in [-0.05, 0) is 31.4 Å². The normalized spacial score (nSPS) is 12.0. The molecule has 1 rings (SSSR count). The van der Waals surface area contributed by atoms with Gasteiger partial charge in [0.1, 0.15) is 0 Å². The average Bonchev–Trinajstić information content (AvgIpc) is 2.61. The minimum atomic E-state index is -4.93. The molecule has 1 aromatic rings. The van der Waals surface area contributed by atoms with Crippen LogP contribution in [0.2, 0.25) is 0 Å². The number of halogens is 4. The number of unbranched alkanes of at least 4 members (excludes halogenated alkanes) is 2. The molecule has 152 valence electrons. The maximum absolute atomic E-state index is 14.1. The third kappa shape index (κ3) is 5.43. The standard InChI is InChI=1S/C19H24F4O4/c1-4-7-8-12-26-16(24)18(5-2,6-3)17(25)27-14-11-9-10-13(15(14)20)19(21,22)23/h9-11H,4-8,12H2,1-3H3. The second kappa shape index (κ2) is 9.71. The minimum absolute atomic E-state index is 0.00945. The van der Waals surface area contributed by atoms with Crippen LogP contribution in [0.4, 0.5) is 17.6 Å². The molecule has 27 heavy (non-hydrogen) atoms. The van der Waals surface area contributed by atoms with Gasteiger partial charge < -0.3 is 9.47 Å². The van der Waals surface area contributed by atoms with Crippen molar-refractivity contribution in [1.29, 1.82) is 0 Å². The number of hydrogen-bond donors (Lipinski definition) is 0. The lowest BCUT2D eigenvalue weighted by Gasteiger charge is -2.27. The molecule has 0 N–H and O–H groups in total. The third-order valence-corrected chi connectivity index (χ3v) is 4.44. The van der Waals surface area contributed by atoms with Crippen LogP contribution in [0.5, 0.6) is 5.75 Å². The van der Waals surface area contributed by atoms with Crippen molar-refractivity contribution < 1.29 is 36.6 Å². The molecule has 0 bridgehead atoms. The van der Waals surface area contributed by atoms with Gasteiger partial charge in [-0.3, -0.25) is 9.59 Å². The van der Waals surface area contributed by atoms with Crippen molar-refractivity contribution in [1.82, 2.24) is 0 Å². The summed E-state index contributed by atoms with van der Waals surface area (Å²) in [4.78, 5) is 25.0. The Morgan fingerprint density at radius 1 is 1.00 bits per heavy atom. The van der Waals surface area contributed by atoms with Gasteiger partial charge in [0.05, 0.1) is 12.2 Å². The fourth-order valence-electron chi connectivity index (χ4n) is 2.57.